The number of carbonyl (C=O) groups excluding carboxylic acids is 1. The molecule has 0 spiro atoms. The highest BCUT2D eigenvalue weighted by atomic mass is 16.4. The van der Waals surface area contributed by atoms with Crippen LogP contribution in [0.5, 0.6) is 0 Å². The third-order valence-electron chi connectivity index (χ3n) is 3.43. The van der Waals surface area contributed by atoms with Crippen LogP contribution in [0.3, 0.4) is 0 Å². The lowest BCUT2D eigenvalue weighted by atomic mass is 9.96. The molecular formula is C11H20N2O4. The van der Waals surface area contributed by atoms with Crippen LogP contribution in [-0.2, 0) is 4.79 Å². The predicted molar refractivity (Wildman–Crippen MR) is 61.6 cm³/mol. The molecule has 6 heteroatoms. The molecule has 2 N–H and O–H groups in total. The quantitative estimate of drug-likeness (QED) is 0.727. The van der Waals surface area contributed by atoms with E-state index < -0.39 is 18.1 Å². The maximum Gasteiger partial charge on any atom is 0.326 e. The van der Waals surface area contributed by atoms with Gasteiger partial charge in [0.2, 0.25) is 0 Å². The van der Waals surface area contributed by atoms with Gasteiger partial charge in [0.15, 0.2) is 0 Å². The monoisotopic (exact) mass is 244 g/mol. The number of nitrogens with zero attached hydrogens (tertiary/aromatic N) is 2. The Kier molecular flexibility index (Phi) is 4.34. The molecule has 17 heavy (non-hydrogen) atoms. The highest BCUT2D eigenvalue weighted by Crippen LogP contribution is 2.18. The van der Waals surface area contributed by atoms with E-state index in [1.807, 2.05) is 6.92 Å². The van der Waals surface area contributed by atoms with Crippen molar-refractivity contribution in [3.63, 3.8) is 0 Å². The summed E-state index contributed by atoms with van der Waals surface area (Å²) in [5.41, 5.74) is 0. The van der Waals surface area contributed by atoms with Crippen LogP contribution in [0, 0.1) is 5.92 Å². The Morgan fingerprint density at radius 2 is 2.06 bits per heavy atom. The third kappa shape index (κ3) is 3.09. The van der Waals surface area contributed by atoms with E-state index in [1.165, 1.54) is 23.8 Å². The molecule has 0 aromatic heterocycles. The van der Waals surface area contributed by atoms with Gasteiger partial charge in [0.25, 0.3) is 0 Å². The molecule has 1 heterocycles. The number of carbonyl (C=O) groups is 2. The summed E-state index contributed by atoms with van der Waals surface area (Å²) in [7, 11) is 1.46. The van der Waals surface area contributed by atoms with Crippen LogP contribution < -0.4 is 0 Å². The van der Waals surface area contributed by atoms with E-state index in [0.29, 0.717) is 6.54 Å². The number of rotatable bonds is 2. The first-order chi connectivity index (χ1) is 7.84. The second-order valence-corrected chi connectivity index (χ2v) is 4.69. The van der Waals surface area contributed by atoms with Crippen LogP contribution in [0.25, 0.3) is 0 Å². The van der Waals surface area contributed by atoms with Crippen LogP contribution in [0.2, 0.25) is 0 Å². The minimum atomic E-state index is -1.04. The van der Waals surface area contributed by atoms with Gasteiger partial charge in [0, 0.05) is 20.1 Å². The molecule has 3 unspecified atom stereocenters. The number of β-amino-alcohol motifs (C(OH)–C–C–N with tert-alkyl or cyclic N) is 1. The van der Waals surface area contributed by atoms with E-state index in [2.05, 4.69) is 0 Å². The maximum atomic E-state index is 12.0. The Morgan fingerprint density at radius 3 is 2.53 bits per heavy atom. The van der Waals surface area contributed by atoms with E-state index >= 15 is 0 Å². The molecule has 2 amide bonds. The van der Waals surface area contributed by atoms with Crippen molar-refractivity contribution < 1.29 is 19.8 Å². The first kappa shape index (κ1) is 13.8. The highest BCUT2D eigenvalue weighted by molar-refractivity contribution is 5.82. The summed E-state index contributed by atoms with van der Waals surface area (Å²) in [5.74, 6) is -0.854. The number of aliphatic carboxylic acids is 1. The van der Waals surface area contributed by atoms with Crippen molar-refractivity contribution in [2.24, 2.45) is 5.92 Å². The molecule has 98 valence electrons. The predicted octanol–water partition coefficient (Wildman–Crippen LogP) is 0.214. The van der Waals surface area contributed by atoms with Gasteiger partial charge >= 0.3 is 12.0 Å². The van der Waals surface area contributed by atoms with Gasteiger partial charge in [-0.1, -0.05) is 6.92 Å². The van der Waals surface area contributed by atoms with Gasteiger partial charge in [-0.2, -0.15) is 0 Å². The minimum absolute atomic E-state index is 0.182. The molecular weight excluding hydrogens is 224 g/mol. The maximum absolute atomic E-state index is 12.0. The fourth-order valence-electron chi connectivity index (χ4n) is 1.78. The van der Waals surface area contributed by atoms with Gasteiger partial charge in [-0.05, 0) is 19.3 Å². The number of aliphatic hydroxyl groups is 1. The van der Waals surface area contributed by atoms with Crippen LogP contribution in [0.1, 0.15) is 20.3 Å². The van der Waals surface area contributed by atoms with Crippen LogP contribution in [0.15, 0.2) is 0 Å². The van der Waals surface area contributed by atoms with E-state index in [4.69, 9.17) is 5.11 Å². The summed E-state index contributed by atoms with van der Waals surface area (Å²) in [5, 5.41) is 18.5. The van der Waals surface area contributed by atoms with Gasteiger partial charge in [-0.25, -0.2) is 9.59 Å². The summed E-state index contributed by atoms with van der Waals surface area (Å²) in [6.45, 7) is 4.24. The Morgan fingerprint density at radius 1 is 1.47 bits per heavy atom. The van der Waals surface area contributed by atoms with Crippen LogP contribution in [-0.4, -0.2) is 64.3 Å². The summed E-state index contributed by atoms with van der Waals surface area (Å²) in [6.07, 6.45) is 0.212. The number of likely N-dealkylation sites (N-methyl/N-ethyl adjacent to an activating group) is 1. The van der Waals surface area contributed by atoms with Crippen molar-refractivity contribution in [1.82, 2.24) is 9.80 Å². The Bertz CT molecular complexity index is 308. The molecule has 3 atom stereocenters. The van der Waals surface area contributed by atoms with E-state index in [0.717, 1.165) is 6.42 Å². The summed E-state index contributed by atoms with van der Waals surface area (Å²) >= 11 is 0. The molecule has 0 aliphatic carbocycles. The zero-order valence-corrected chi connectivity index (χ0v) is 10.5. The Hall–Kier alpha value is -1.30. The highest BCUT2D eigenvalue weighted by Gasteiger charge is 2.31. The van der Waals surface area contributed by atoms with Gasteiger partial charge < -0.3 is 20.0 Å². The SMILES string of the molecule is CC1CCN(C(=O)N(C)C(C)C(=O)O)CC1O. The Labute approximate surface area is 101 Å². The zero-order valence-electron chi connectivity index (χ0n) is 10.5. The number of hydrogen-bond acceptors (Lipinski definition) is 3. The standard InChI is InChI=1S/C11H20N2O4/c1-7-4-5-13(6-9(7)14)11(17)12(3)8(2)10(15)16/h7-9,14H,4-6H2,1-3H3,(H,15,16). The lowest BCUT2D eigenvalue weighted by molar-refractivity contribution is -0.141. The van der Waals surface area contributed by atoms with Crippen LogP contribution in [0.4, 0.5) is 4.79 Å². The molecule has 6 nitrogen and oxygen atoms in total. The Balaban J connectivity index is 2.61. The number of likely N-dealkylation sites (tertiary alicyclic amines) is 1. The topological polar surface area (TPSA) is 81.1 Å². The lowest BCUT2D eigenvalue weighted by Crippen LogP contribution is -2.53. The van der Waals surface area contributed by atoms with Gasteiger partial charge in [-0.15, -0.1) is 0 Å². The van der Waals surface area contributed by atoms with Crippen molar-refractivity contribution in [2.45, 2.75) is 32.4 Å². The second kappa shape index (κ2) is 5.35. The molecule has 0 bridgehead atoms. The first-order valence-corrected chi connectivity index (χ1v) is 5.77. The number of aliphatic hydroxyl groups excluding tert-OH is 1. The zero-order chi connectivity index (χ0) is 13.2. The van der Waals surface area contributed by atoms with Crippen molar-refractivity contribution in [3.8, 4) is 0 Å². The number of piperidine rings is 1. The van der Waals surface area contributed by atoms with Gasteiger partial charge in [-0.3, -0.25) is 0 Å². The number of hydrogen-bond donors (Lipinski definition) is 2. The van der Waals surface area contributed by atoms with Gasteiger partial charge in [0.05, 0.1) is 6.10 Å². The molecule has 0 saturated carbocycles. The lowest BCUT2D eigenvalue weighted by Gasteiger charge is -2.37. The van der Waals surface area contributed by atoms with E-state index in [1.54, 1.807) is 0 Å². The average Bonchev–Trinajstić information content (AvgIpc) is 2.29. The average molecular weight is 244 g/mol. The largest absolute Gasteiger partial charge is 0.480 e. The number of urea groups is 1. The number of amides is 2. The van der Waals surface area contributed by atoms with E-state index in [-0.39, 0.29) is 18.5 Å². The fourth-order valence-corrected chi connectivity index (χ4v) is 1.78. The summed E-state index contributed by atoms with van der Waals surface area (Å²) < 4.78 is 0. The fraction of sp³-hybridized carbons (Fsp3) is 0.818. The molecule has 1 aliphatic heterocycles. The second-order valence-electron chi connectivity index (χ2n) is 4.69. The third-order valence-corrected chi connectivity index (χ3v) is 3.43. The molecule has 0 aromatic carbocycles. The molecule has 1 saturated heterocycles. The molecule has 1 fully saturated rings. The minimum Gasteiger partial charge on any atom is -0.480 e. The summed E-state index contributed by atoms with van der Waals surface area (Å²) in [6, 6.07) is -1.20. The molecule has 1 rings (SSSR count). The van der Waals surface area contributed by atoms with E-state index in [9.17, 15) is 14.7 Å². The van der Waals surface area contributed by atoms with Crippen molar-refractivity contribution in [1.29, 1.82) is 0 Å². The smallest absolute Gasteiger partial charge is 0.326 e. The van der Waals surface area contributed by atoms with Crippen LogP contribution >= 0.6 is 0 Å². The number of carboxylic acid groups (broad SMARTS) is 1. The van der Waals surface area contributed by atoms with Crippen molar-refractivity contribution in [3.05, 3.63) is 0 Å². The molecule has 1 aliphatic rings. The number of carboxylic acids is 1. The molecule has 0 radical (unpaired) electrons. The van der Waals surface area contributed by atoms with Crippen molar-refractivity contribution >= 4 is 12.0 Å². The van der Waals surface area contributed by atoms with Gasteiger partial charge in [0.1, 0.15) is 6.04 Å². The van der Waals surface area contributed by atoms with Crippen molar-refractivity contribution in [2.75, 3.05) is 20.1 Å². The normalized spacial score (nSPS) is 26.5. The molecule has 0 aromatic rings. The summed E-state index contributed by atoms with van der Waals surface area (Å²) in [4.78, 5) is 25.4. The first-order valence-electron chi connectivity index (χ1n) is 5.77.